The number of benzene rings is 6. The molecule has 0 spiro atoms. The third-order valence-electron chi connectivity index (χ3n) is 11.3. The first kappa shape index (κ1) is 36.7. The van der Waals surface area contributed by atoms with Crippen LogP contribution in [0.15, 0.2) is 114 Å². The summed E-state index contributed by atoms with van der Waals surface area (Å²) in [5, 5.41) is 22.8. The van der Waals surface area contributed by atoms with Gasteiger partial charge < -0.3 is 4.42 Å². The van der Waals surface area contributed by atoms with E-state index in [0.717, 1.165) is 61.1 Å². The molecule has 0 fully saturated rings. The van der Waals surface area contributed by atoms with Crippen LogP contribution in [0.1, 0.15) is 67.3 Å². The Morgan fingerprint density at radius 1 is 0.661 bits per heavy atom. The van der Waals surface area contributed by atoms with Crippen molar-refractivity contribution in [3.05, 3.63) is 137 Å². The molecule has 0 amide bonds. The predicted octanol–water partition coefficient (Wildman–Crippen LogP) is 12.2. The van der Waals surface area contributed by atoms with Gasteiger partial charge >= 0.3 is 0 Å². The van der Waals surface area contributed by atoms with Crippen LogP contribution in [-0.4, -0.2) is 12.6 Å². The summed E-state index contributed by atoms with van der Waals surface area (Å²) >= 11 is 0. The van der Waals surface area contributed by atoms with Gasteiger partial charge in [0.2, 0.25) is 0 Å². The Hall–Kier alpha value is -6.21. The third-order valence-corrected chi connectivity index (χ3v) is 13.4. The smallest absolute Gasteiger partial charge is 0.299 e. The van der Waals surface area contributed by atoms with Crippen LogP contribution in [-0.2, 0) is 7.05 Å². The zero-order chi connectivity index (χ0) is 39.6. The highest BCUT2D eigenvalue weighted by atomic mass is 28.3. The molecule has 6 heteroatoms. The SMILES string of the molecule is Cc1ccc2c(oc3cc(-c4cc(C#N)cc(C#N)c4)ccc32)c1-c1n(-c2c(C(C)C)cc(-c3ccc([Si](C)(C)C)cc3)cc2C(C)C)c2ccccc2[n+]1C. The predicted molar refractivity (Wildman–Crippen MR) is 233 cm³/mol. The molecular weight excluding hydrogens is 701 g/mol. The van der Waals surface area contributed by atoms with Gasteiger partial charge in [0.15, 0.2) is 16.6 Å². The van der Waals surface area contributed by atoms with E-state index in [0.29, 0.717) is 11.1 Å². The van der Waals surface area contributed by atoms with Gasteiger partial charge in [-0.25, -0.2) is 4.57 Å². The summed E-state index contributed by atoms with van der Waals surface area (Å²) < 4.78 is 11.8. The lowest BCUT2D eigenvalue weighted by atomic mass is 9.88. The summed E-state index contributed by atoms with van der Waals surface area (Å²) in [6.07, 6.45) is 0. The lowest BCUT2D eigenvalue weighted by Gasteiger charge is -2.21. The van der Waals surface area contributed by atoms with Gasteiger partial charge in [0.25, 0.3) is 5.82 Å². The molecule has 56 heavy (non-hydrogen) atoms. The van der Waals surface area contributed by atoms with Crippen LogP contribution < -0.4 is 9.75 Å². The molecule has 0 aliphatic heterocycles. The Labute approximate surface area is 330 Å². The number of hydrogen-bond donors (Lipinski definition) is 0. The number of aromatic nitrogens is 2. The maximum atomic E-state index is 9.65. The molecule has 0 unspecified atom stereocenters. The van der Waals surface area contributed by atoms with Crippen LogP contribution in [0.3, 0.4) is 0 Å². The van der Waals surface area contributed by atoms with Crippen molar-refractivity contribution < 1.29 is 8.98 Å². The maximum Gasteiger partial charge on any atom is 0.299 e. The average Bonchev–Trinajstić information content (AvgIpc) is 3.70. The van der Waals surface area contributed by atoms with E-state index in [-0.39, 0.29) is 11.8 Å². The van der Waals surface area contributed by atoms with E-state index in [1.54, 1.807) is 6.07 Å². The molecule has 6 aromatic carbocycles. The summed E-state index contributed by atoms with van der Waals surface area (Å²) in [5.41, 5.74) is 15.0. The van der Waals surface area contributed by atoms with E-state index in [1.807, 2.05) is 18.2 Å². The van der Waals surface area contributed by atoms with Crippen molar-refractivity contribution in [1.82, 2.24) is 4.57 Å². The number of nitrogens with zero attached hydrogens (tertiary/aromatic N) is 4. The zero-order valence-corrected chi connectivity index (χ0v) is 34.7. The van der Waals surface area contributed by atoms with Crippen molar-refractivity contribution in [3.63, 3.8) is 0 Å². The van der Waals surface area contributed by atoms with E-state index < -0.39 is 8.07 Å². The lowest BCUT2D eigenvalue weighted by Crippen LogP contribution is -2.37. The first-order valence-electron chi connectivity index (χ1n) is 19.5. The summed E-state index contributed by atoms with van der Waals surface area (Å²) in [5.74, 6) is 1.57. The average molecular weight is 748 g/mol. The molecule has 0 aliphatic carbocycles. The molecule has 0 saturated heterocycles. The van der Waals surface area contributed by atoms with Crippen LogP contribution >= 0.6 is 0 Å². The fourth-order valence-electron chi connectivity index (χ4n) is 8.29. The van der Waals surface area contributed by atoms with Crippen molar-refractivity contribution in [3.8, 4) is 51.5 Å². The van der Waals surface area contributed by atoms with Gasteiger partial charge in [0, 0.05) is 21.9 Å². The number of fused-ring (bicyclic) bond motifs is 4. The molecule has 276 valence electrons. The monoisotopic (exact) mass is 747 g/mol. The largest absolute Gasteiger partial charge is 0.455 e. The molecule has 8 rings (SSSR count). The molecule has 0 aliphatic rings. The number of aryl methyl sites for hydroxylation is 2. The molecule has 0 N–H and O–H groups in total. The van der Waals surface area contributed by atoms with Crippen molar-refractivity contribution >= 4 is 46.2 Å². The Morgan fingerprint density at radius 2 is 1.25 bits per heavy atom. The minimum absolute atomic E-state index is 0.255. The quantitative estimate of drug-likeness (QED) is 0.120. The van der Waals surface area contributed by atoms with Gasteiger partial charge in [-0.2, -0.15) is 15.1 Å². The number of hydrogen-bond acceptors (Lipinski definition) is 3. The van der Waals surface area contributed by atoms with Gasteiger partial charge in [-0.15, -0.1) is 0 Å². The van der Waals surface area contributed by atoms with Gasteiger partial charge in [0.1, 0.15) is 16.8 Å². The summed E-state index contributed by atoms with van der Waals surface area (Å²) in [4.78, 5) is 0. The van der Waals surface area contributed by atoms with Crippen LogP contribution in [0.5, 0.6) is 0 Å². The van der Waals surface area contributed by atoms with Crippen molar-refractivity contribution in [1.29, 1.82) is 10.5 Å². The van der Waals surface area contributed by atoms with E-state index >= 15 is 0 Å². The molecule has 2 aromatic heterocycles. The van der Waals surface area contributed by atoms with Gasteiger partial charge in [-0.05, 0) is 101 Å². The number of imidazole rings is 1. The zero-order valence-electron chi connectivity index (χ0n) is 33.7. The van der Waals surface area contributed by atoms with Crippen molar-refractivity contribution in [2.75, 3.05) is 0 Å². The number of furan rings is 1. The Morgan fingerprint density at radius 3 is 1.86 bits per heavy atom. The van der Waals surface area contributed by atoms with E-state index in [4.69, 9.17) is 4.42 Å². The van der Waals surface area contributed by atoms with Crippen molar-refractivity contribution in [2.45, 2.75) is 66.1 Å². The Balaban J connectivity index is 1.41. The Kier molecular flexibility index (Phi) is 9.07. The maximum absolute atomic E-state index is 9.65. The van der Waals surface area contributed by atoms with E-state index in [9.17, 15) is 10.5 Å². The lowest BCUT2D eigenvalue weighted by molar-refractivity contribution is -0.633. The van der Waals surface area contributed by atoms with Crippen LogP contribution in [0, 0.1) is 29.6 Å². The van der Waals surface area contributed by atoms with Gasteiger partial charge in [-0.1, -0.05) is 107 Å². The number of para-hydroxylation sites is 2. The third kappa shape index (κ3) is 6.12. The topological polar surface area (TPSA) is 69.5 Å². The standard InChI is InChI=1S/C50H47N4OSi/c1-30(2)42-25-38(35-15-18-39(19-16-35)56(7,8)9)26-43(31(3)4)48(42)54-45-13-11-10-12-44(45)53(6)50(54)47-32(5)14-20-41-40-21-17-36(27-46(40)55-49(41)47)37-23-33(28-51)22-34(24-37)29-52/h10-27,30-31H,1-9H3/q+1. The van der Waals surface area contributed by atoms with Gasteiger partial charge in [-0.3, -0.25) is 0 Å². The summed E-state index contributed by atoms with van der Waals surface area (Å²) in [7, 11) is 0.741. The fourth-order valence-corrected chi connectivity index (χ4v) is 9.45. The highest BCUT2D eigenvalue weighted by molar-refractivity contribution is 6.88. The minimum atomic E-state index is -1.43. The molecule has 2 heterocycles. The molecular formula is C50H47N4OSi+. The van der Waals surface area contributed by atoms with Crippen LogP contribution in [0.4, 0.5) is 0 Å². The highest BCUT2D eigenvalue weighted by Gasteiger charge is 2.34. The molecule has 0 radical (unpaired) electrons. The summed E-state index contributed by atoms with van der Waals surface area (Å²) in [6, 6.07) is 43.0. The number of nitriles is 2. The normalized spacial score (nSPS) is 11.9. The molecule has 5 nitrogen and oxygen atoms in total. The van der Waals surface area contributed by atoms with Crippen LogP contribution in [0.2, 0.25) is 19.6 Å². The molecule has 0 bridgehead atoms. The first-order chi connectivity index (χ1) is 26.8. The molecule has 0 atom stereocenters. The fraction of sp³-hybridized carbons (Fsp3) is 0.220. The molecule has 0 saturated carbocycles. The first-order valence-corrected chi connectivity index (χ1v) is 23.0. The highest BCUT2D eigenvalue weighted by Crippen LogP contribution is 2.43. The van der Waals surface area contributed by atoms with Crippen molar-refractivity contribution in [2.24, 2.45) is 7.05 Å². The number of rotatable bonds is 7. The van der Waals surface area contributed by atoms with Gasteiger partial charge in [0.05, 0.1) is 38.4 Å². The van der Waals surface area contributed by atoms with E-state index in [1.165, 1.54) is 33.1 Å². The molecule has 8 aromatic rings. The Bertz CT molecular complexity index is 2880. The minimum Gasteiger partial charge on any atom is -0.455 e. The second-order valence-corrected chi connectivity index (χ2v) is 21.9. The summed E-state index contributed by atoms with van der Waals surface area (Å²) in [6.45, 7) is 18.6. The van der Waals surface area contributed by atoms with E-state index in [2.05, 4.69) is 168 Å². The second kappa shape index (κ2) is 13.8. The second-order valence-electron chi connectivity index (χ2n) is 16.8. The van der Waals surface area contributed by atoms with Crippen LogP contribution in [0.25, 0.3) is 72.3 Å².